The Bertz CT molecular complexity index is 3450. The Labute approximate surface area is 340 Å². The van der Waals surface area contributed by atoms with Crippen molar-refractivity contribution in [3.8, 4) is 62.1 Å². The van der Waals surface area contributed by atoms with E-state index in [1.165, 1.54) is 44.1 Å². The Hall–Kier alpha value is -7.63. The van der Waals surface area contributed by atoms with Crippen molar-refractivity contribution in [2.75, 3.05) is 0 Å². The van der Waals surface area contributed by atoms with Gasteiger partial charge >= 0.3 is 0 Å². The Balaban J connectivity index is 1.01. The summed E-state index contributed by atoms with van der Waals surface area (Å²) >= 11 is 0. The van der Waals surface area contributed by atoms with Crippen LogP contribution in [0.25, 0.3) is 106 Å². The van der Waals surface area contributed by atoms with Gasteiger partial charge in [0.1, 0.15) is 11.2 Å². The Kier molecular flexibility index (Phi) is 7.20. The second kappa shape index (κ2) is 12.7. The summed E-state index contributed by atoms with van der Waals surface area (Å²) in [6, 6.07) is 64.2. The van der Waals surface area contributed by atoms with Crippen molar-refractivity contribution in [1.82, 2.24) is 19.5 Å². The molecule has 5 heteroatoms. The maximum absolute atomic E-state index is 6.29. The number of furan rings is 1. The van der Waals surface area contributed by atoms with Gasteiger partial charge in [-0.1, -0.05) is 147 Å². The Morgan fingerprint density at radius 3 is 1.76 bits per heavy atom. The van der Waals surface area contributed by atoms with E-state index in [0.717, 1.165) is 55.4 Å². The third kappa shape index (κ3) is 5.14. The molecule has 0 saturated heterocycles. The van der Waals surface area contributed by atoms with E-state index in [1.807, 2.05) is 30.3 Å². The van der Waals surface area contributed by atoms with Crippen LogP contribution in [0.1, 0.15) is 25.0 Å². The third-order valence-electron chi connectivity index (χ3n) is 12.3. The van der Waals surface area contributed by atoms with Crippen LogP contribution < -0.4 is 0 Å². The maximum Gasteiger partial charge on any atom is 0.164 e. The lowest BCUT2D eigenvalue weighted by Crippen LogP contribution is -2.14. The molecule has 0 aliphatic heterocycles. The molecule has 0 bridgehead atoms. The molecule has 1 aliphatic rings. The molecule has 12 rings (SSSR count). The highest BCUT2D eigenvalue weighted by atomic mass is 16.3. The van der Waals surface area contributed by atoms with E-state index in [1.54, 1.807) is 0 Å². The fourth-order valence-corrected chi connectivity index (χ4v) is 9.34. The molecule has 0 atom stereocenters. The van der Waals surface area contributed by atoms with Crippen LogP contribution in [0.2, 0.25) is 0 Å². The fraction of sp³-hybridized carbons (Fsp3) is 0.0556. The van der Waals surface area contributed by atoms with Crippen LogP contribution in [0.3, 0.4) is 0 Å². The first kappa shape index (κ1) is 33.5. The van der Waals surface area contributed by atoms with Crippen LogP contribution >= 0.6 is 0 Å². The Morgan fingerprint density at radius 1 is 0.424 bits per heavy atom. The molecule has 0 N–H and O–H groups in total. The quantitative estimate of drug-likeness (QED) is 0.175. The molecule has 59 heavy (non-hydrogen) atoms. The molecule has 0 fully saturated rings. The van der Waals surface area contributed by atoms with Gasteiger partial charge < -0.3 is 8.98 Å². The smallest absolute Gasteiger partial charge is 0.164 e. The largest absolute Gasteiger partial charge is 0.456 e. The first-order valence-corrected chi connectivity index (χ1v) is 20.1. The van der Waals surface area contributed by atoms with Crippen molar-refractivity contribution in [3.05, 3.63) is 193 Å². The summed E-state index contributed by atoms with van der Waals surface area (Å²) in [6.45, 7) is 4.68. The minimum atomic E-state index is -0.101. The monoisotopic (exact) mass is 756 g/mol. The van der Waals surface area contributed by atoms with Crippen molar-refractivity contribution in [3.63, 3.8) is 0 Å². The fourth-order valence-electron chi connectivity index (χ4n) is 9.34. The van der Waals surface area contributed by atoms with E-state index in [2.05, 4.69) is 170 Å². The van der Waals surface area contributed by atoms with E-state index in [0.29, 0.717) is 17.5 Å². The zero-order chi connectivity index (χ0) is 39.2. The number of rotatable bonds is 5. The van der Waals surface area contributed by atoms with Crippen LogP contribution in [0.4, 0.5) is 0 Å². The summed E-state index contributed by atoms with van der Waals surface area (Å²) in [5.74, 6) is 1.80. The van der Waals surface area contributed by atoms with E-state index in [9.17, 15) is 0 Å². The molecule has 5 nitrogen and oxygen atoms in total. The SMILES string of the molecule is CC1(C)c2ccccc2-c2c1ccc1c3ccccc3n(-c3ccc(-c4nc(-c5ccc(-c6ccccc6)cc5)nc(-c5ccc6c(c5)oc5ccccc56)n4)cc3)c21. The van der Waals surface area contributed by atoms with Gasteiger partial charge in [-0.15, -0.1) is 0 Å². The summed E-state index contributed by atoms with van der Waals surface area (Å²) in [5, 5.41) is 4.64. The Morgan fingerprint density at radius 2 is 0.983 bits per heavy atom. The lowest BCUT2D eigenvalue weighted by Gasteiger charge is -2.21. The lowest BCUT2D eigenvalue weighted by atomic mass is 9.82. The predicted octanol–water partition coefficient (Wildman–Crippen LogP) is 13.8. The van der Waals surface area contributed by atoms with Gasteiger partial charge in [0.25, 0.3) is 0 Å². The maximum atomic E-state index is 6.29. The normalized spacial score (nSPS) is 13.1. The zero-order valence-corrected chi connectivity index (χ0v) is 32.5. The van der Waals surface area contributed by atoms with Gasteiger partial charge in [-0.3, -0.25) is 0 Å². The molecule has 278 valence electrons. The standard InChI is InChI=1S/C54H36N4O/c1-54(2)44-17-9-6-16-43(44)49-45(54)31-30-42-39-14-7-10-18-46(39)58(50(42)49)38-27-24-36(25-28-38)52-55-51(35-22-20-34(21-23-35)33-12-4-3-5-13-33)56-53(57-52)37-26-29-41-40-15-8-11-19-47(40)59-48(41)32-37/h3-32H,1-2H3. The van der Waals surface area contributed by atoms with Gasteiger partial charge in [0.2, 0.25) is 0 Å². The topological polar surface area (TPSA) is 56.7 Å². The van der Waals surface area contributed by atoms with Crippen LogP contribution in [-0.4, -0.2) is 19.5 Å². The van der Waals surface area contributed by atoms with Crippen LogP contribution in [0.5, 0.6) is 0 Å². The summed E-state index contributed by atoms with van der Waals surface area (Å²) in [6.07, 6.45) is 0. The molecule has 11 aromatic rings. The van der Waals surface area contributed by atoms with E-state index >= 15 is 0 Å². The highest BCUT2D eigenvalue weighted by molar-refractivity contribution is 6.15. The zero-order valence-electron chi connectivity index (χ0n) is 32.5. The van der Waals surface area contributed by atoms with E-state index in [-0.39, 0.29) is 5.41 Å². The summed E-state index contributed by atoms with van der Waals surface area (Å²) in [4.78, 5) is 15.3. The lowest BCUT2D eigenvalue weighted by molar-refractivity contribution is 0.661. The average Bonchev–Trinajstić information content (AvgIpc) is 3.92. The molecule has 8 aromatic carbocycles. The van der Waals surface area contributed by atoms with Gasteiger partial charge in [0.15, 0.2) is 17.5 Å². The molecular formula is C54H36N4O. The van der Waals surface area contributed by atoms with Gasteiger partial charge in [0.05, 0.1) is 11.0 Å². The van der Waals surface area contributed by atoms with Gasteiger partial charge in [0, 0.05) is 54.9 Å². The number of nitrogens with zero attached hydrogens (tertiary/aromatic N) is 4. The molecule has 3 aromatic heterocycles. The van der Waals surface area contributed by atoms with Crippen molar-refractivity contribution in [2.24, 2.45) is 0 Å². The van der Waals surface area contributed by atoms with E-state index < -0.39 is 0 Å². The van der Waals surface area contributed by atoms with Crippen LogP contribution in [0.15, 0.2) is 186 Å². The molecule has 0 radical (unpaired) electrons. The minimum absolute atomic E-state index is 0.101. The summed E-state index contributed by atoms with van der Waals surface area (Å²) < 4.78 is 8.73. The summed E-state index contributed by atoms with van der Waals surface area (Å²) in [5.41, 5.74) is 15.4. The predicted molar refractivity (Wildman–Crippen MR) is 241 cm³/mol. The number of fused-ring (bicyclic) bond motifs is 10. The number of hydrogen-bond donors (Lipinski definition) is 0. The van der Waals surface area contributed by atoms with Crippen molar-refractivity contribution < 1.29 is 4.42 Å². The molecule has 0 amide bonds. The highest BCUT2D eigenvalue weighted by Gasteiger charge is 2.37. The molecule has 0 unspecified atom stereocenters. The first-order valence-electron chi connectivity index (χ1n) is 20.1. The minimum Gasteiger partial charge on any atom is -0.456 e. The second-order valence-corrected chi connectivity index (χ2v) is 16.0. The van der Waals surface area contributed by atoms with Crippen LogP contribution in [-0.2, 0) is 5.41 Å². The number of para-hydroxylation sites is 2. The van der Waals surface area contributed by atoms with Crippen molar-refractivity contribution in [1.29, 1.82) is 0 Å². The molecular weight excluding hydrogens is 721 g/mol. The van der Waals surface area contributed by atoms with Crippen LogP contribution in [0, 0.1) is 0 Å². The number of aromatic nitrogens is 4. The third-order valence-corrected chi connectivity index (χ3v) is 12.3. The number of benzene rings is 8. The van der Waals surface area contributed by atoms with Gasteiger partial charge in [-0.25, -0.2) is 15.0 Å². The highest BCUT2D eigenvalue weighted by Crippen LogP contribution is 2.53. The van der Waals surface area contributed by atoms with Gasteiger partial charge in [-0.05, 0) is 76.3 Å². The first-order chi connectivity index (χ1) is 29.0. The average molecular weight is 757 g/mol. The van der Waals surface area contributed by atoms with Gasteiger partial charge in [-0.2, -0.15) is 0 Å². The van der Waals surface area contributed by atoms with Crippen molar-refractivity contribution >= 4 is 43.7 Å². The molecule has 1 aliphatic carbocycles. The van der Waals surface area contributed by atoms with E-state index in [4.69, 9.17) is 19.4 Å². The number of hydrogen-bond acceptors (Lipinski definition) is 4. The second-order valence-electron chi connectivity index (χ2n) is 16.0. The van der Waals surface area contributed by atoms with Crippen molar-refractivity contribution in [2.45, 2.75) is 19.3 Å². The summed E-state index contributed by atoms with van der Waals surface area (Å²) in [7, 11) is 0. The molecule has 0 spiro atoms. The molecule has 3 heterocycles. The molecule has 0 saturated carbocycles.